The Balaban J connectivity index is 2.25. The number of halogens is 1. The lowest BCUT2D eigenvalue weighted by Gasteiger charge is -2.12. The Bertz CT molecular complexity index is 982. The Labute approximate surface area is 138 Å². The lowest BCUT2D eigenvalue weighted by atomic mass is 10.3. The van der Waals surface area contributed by atoms with Crippen LogP contribution in [0.1, 0.15) is 0 Å². The molecule has 0 saturated carbocycles. The molecule has 0 aliphatic heterocycles. The van der Waals surface area contributed by atoms with Crippen molar-refractivity contribution >= 4 is 32.7 Å². The fraction of sp³-hybridized carbons (Fsp3) is 0.133. The first-order valence-electron chi connectivity index (χ1n) is 6.58. The monoisotopic (exact) mass is 352 g/mol. The molecule has 0 atom stereocenters. The van der Waals surface area contributed by atoms with Crippen molar-refractivity contribution in [2.45, 2.75) is 4.90 Å². The fourth-order valence-electron chi connectivity index (χ4n) is 2.27. The third-order valence-electron chi connectivity index (χ3n) is 3.38. The average Bonchev–Trinajstić information content (AvgIpc) is 2.97. The number of pyridine rings is 1. The molecule has 3 rings (SSSR count). The number of ether oxygens (including phenoxy) is 2. The van der Waals surface area contributed by atoms with E-state index in [1.165, 1.54) is 26.5 Å². The molecule has 2 aromatic heterocycles. The van der Waals surface area contributed by atoms with Gasteiger partial charge in [-0.2, -0.15) is 0 Å². The molecular formula is C15H13ClN2O4S. The van der Waals surface area contributed by atoms with Gasteiger partial charge in [0, 0.05) is 12.3 Å². The summed E-state index contributed by atoms with van der Waals surface area (Å²) in [4.78, 5) is 4.11. The van der Waals surface area contributed by atoms with E-state index in [9.17, 15) is 8.42 Å². The van der Waals surface area contributed by atoms with Crippen molar-refractivity contribution in [1.29, 1.82) is 0 Å². The minimum atomic E-state index is -3.88. The Morgan fingerprint density at radius 1 is 1.09 bits per heavy atom. The van der Waals surface area contributed by atoms with Gasteiger partial charge in [0.15, 0.2) is 0 Å². The first-order valence-corrected chi connectivity index (χ1v) is 8.40. The van der Waals surface area contributed by atoms with Crippen LogP contribution < -0.4 is 9.47 Å². The summed E-state index contributed by atoms with van der Waals surface area (Å²) in [5.74, 6) is 0.650. The molecule has 0 aliphatic carbocycles. The second-order valence-electron chi connectivity index (χ2n) is 4.67. The zero-order valence-electron chi connectivity index (χ0n) is 12.4. The minimum Gasteiger partial charge on any atom is -0.497 e. The maximum Gasteiger partial charge on any atom is 0.272 e. The number of hydrogen-bond donors (Lipinski definition) is 0. The highest BCUT2D eigenvalue weighted by Crippen LogP contribution is 2.31. The van der Waals surface area contributed by atoms with E-state index >= 15 is 0 Å². The summed E-state index contributed by atoms with van der Waals surface area (Å²) in [5, 5.41) is 0.298. The fourth-order valence-corrected chi connectivity index (χ4v) is 3.94. The van der Waals surface area contributed by atoms with Crippen LogP contribution in [0.3, 0.4) is 0 Å². The number of aromatic nitrogens is 2. The number of nitrogens with zero attached hydrogens (tertiary/aromatic N) is 2. The largest absolute Gasteiger partial charge is 0.497 e. The van der Waals surface area contributed by atoms with Crippen LogP contribution in [0.4, 0.5) is 0 Å². The molecule has 0 amide bonds. The van der Waals surface area contributed by atoms with Crippen molar-refractivity contribution in [1.82, 2.24) is 8.96 Å². The van der Waals surface area contributed by atoms with Gasteiger partial charge in [-0.15, -0.1) is 0 Å². The smallest absolute Gasteiger partial charge is 0.272 e. The molecule has 2 heterocycles. The minimum absolute atomic E-state index is 0.00630. The normalized spacial score (nSPS) is 11.6. The lowest BCUT2D eigenvalue weighted by molar-refractivity contribution is 0.392. The zero-order chi connectivity index (χ0) is 16.6. The van der Waals surface area contributed by atoms with Crippen LogP contribution in [0.25, 0.3) is 11.0 Å². The van der Waals surface area contributed by atoms with Crippen LogP contribution in [0.15, 0.2) is 47.5 Å². The van der Waals surface area contributed by atoms with Crippen LogP contribution in [-0.4, -0.2) is 31.6 Å². The van der Waals surface area contributed by atoms with Gasteiger partial charge >= 0.3 is 0 Å². The van der Waals surface area contributed by atoms with Crippen molar-refractivity contribution < 1.29 is 17.9 Å². The second-order valence-corrected chi connectivity index (χ2v) is 6.84. The summed E-state index contributed by atoms with van der Waals surface area (Å²) in [6, 6.07) is 9.34. The van der Waals surface area contributed by atoms with Crippen molar-refractivity contribution in [3.63, 3.8) is 0 Å². The number of methoxy groups -OCH3 is 2. The molecule has 3 aromatic rings. The third-order valence-corrected chi connectivity index (χ3v) is 5.30. The predicted molar refractivity (Wildman–Crippen MR) is 86.9 cm³/mol. The van der Waals surface area contributed by atoms with Crippen molar-refractivity contribution in [2.75, 3.05) is 14.2 Å². The maximum absolute atomic E-state index is 13.0. The molecule has 0 spiro atoms. The average molecular weight is 353 g/mol. The Morgan fingerprint density at radius 2 is 1.87 bits per heavy atom. The van der Waals surface area contributed by atoms with Gasteiger partial charge in [0.05, 0.1) is 25.3 Å². The summed E-state index contributed by atoms with van der Waals surface area (Å²) < 4.78 is 37.4. The van der Waals surface area contributed by atoms with E-state index in [1.54, 1.807) is 30.3 Å². The topological polar surface area (TPSA) is 70.4 Å². The van der Waals surface area contributed by atoms with E-state index in [4.69, 9.17) is 21.1 Å². The summed E-state index contributed by atoms with van der Waals surface area (Å²) in [6.07, 6.45) is 1.43. The van der Waals surface area contributed by atoms with Gasteiger partial charge in [-0.3, -0.25) is 0 Å². The van der Waals surface area contributed by atoms with Gasteiger partial charge < -0.3 is 9.47 Å². The quantitative estimate of drug-likeness (QED) is 0.675. The van der Waals surface area contributed by atoms with E-state index in [-0.39, 0.29) is 10.6 Å². The molecule has 0 saturated heterocycles. The van der Waals surface area contributed by atoms with Crippen molar-refractivity contribution in [3.05, 3.63) is 47.7 Å². The number of fused-ring (bicyclic) bond motifs is 1. The number of hydrogen-bond acceptors (Lipinski definition) is 5. The van der Waals surface area contributed by atoms with E-state index in [0.29, 0.717) is 21.9 Å². The highest BCUT2D eigenvalue weighted by atomic mass is 35.5. The van der Waals surface area contributed by atoms with Gasteiger partial charge in [-0.05, 0) is 30.3 Å². The molecule has 0 unspecified atom stereocenters. The zero-order valence-corrected chi connectivity index (χ0v) is 13.9. The molecule has 8 heteroatoms. The van der Waals surface area contributed by atoms with Crippen LogP contribution in [0.2, 0.25) is 5.15 Å². The van der Waals surface area contributed by atoms with Gasteiger partial charge in [-0.25, -0.2) is 17.4 Å². The number of rotatable bonds is 4. The van der Waals surface area contributed by atoms with Gasteiger partial charge in [0.2, 0.25) is 0 Å². The summed E-state index contributed by atoms with van der Waals surface area (Å²) in [5.41, 5.74) is 0.919. The number of benzene rings is 1. The van der Waals surface area contributed by atoms with E-state index in [1.807, 2.05) is 0 Å². The molecule has 0 aliphatic rings. The molecule has 6 nitrogen and oxygen atoms in total. The molecule has 0 N–H and O–H groups in total. The van der Waals surface area contributed by atoms with Crippen LogP contribution in [0.5, 0.6) is 11.5 Å². The molecule has 0 fully saturated rings. The van der Waals surface area contributed by atoms with E-state index < -0.39 is 10.0 Å². The highest BCUT2D eigenvalue weighted by Gasteiger charge is 2.24. The van der Waals surface area contributed by atoms with Crippen molar-refractivity contribution in [2.24, 2.45) is 0 Å². The van der Waals surface area contributed by atoms with Crippen LogP contribution in [-0.2, 0) is 10.0 Å². The van der Waals surface area contributed by atoms with Crippen molar-refractivity contribution in [3.8, 4) is 11.5 Å². The van der Waals surface area contributed by atoms with Gasteiger partial charge in [0.25, 0.3) is 10.0 Å². The van der Waals surface area contributed by atoms with Crippen LogP contribution >= 0.6 is 11.6 Å². The summed E-state index contributed by atoms with van der Waals surface area (Å²) in [7, 11) is -1.00. The molecule has 23 heavy (non-hydrogen) atoms. The first kappa shape index (κ1) is 15.6. The Morgan fingerprint density at radius 3 is 2.57 bits per heavy atom. The first-order chi connectivity index (χ1) is 11.0. The second kappa shape index (κ2) is 5.75. The summed E-state index contributed by atoms with van der Waals surface area (Å²) in [6.45, 7) is 0. The summed E-state index contributed by atoms with van der Waals surface area (Å²) >= 11 is 5.84. The predicted octanol–water partition coefficient (Wildman–Crippen LogP) is 2.94. The van der Waals surface area contributed by atoms with E-state index in [2.05, 4.69) is 4.98 Å². The van der Waals surface area contributed by atoms with Gasteiger partial charge in [-0.1, -0.05) is 11.6 Å². The SMILES string of the molecule is COc1ccc(OC)c(S(=O)(=O)n2ccc3nc(Cl)ccc32)c1. The molecule has 1 aromatic carbocycles. The maximum atomic E-state index is 13.0. The molecule has 120 valence electrons. The van der Waals surface area contributed by atoms with E-state index in [0.717, 1.165) is 3.97 Å². The van der Waals surface area contributed by atoms with Gasteiger partial charge in [0.1, 0.15) is 21.5 Å². The standard InChI is InChI=1S/C15H13ClN2O4S/c1-21-10-3-5-13(22-2)14(9-10)23(19,20)18-8-7-11-12(18)4-6-15(16)17-11/h3-9H,1-2H3. The third kappa shape index (κ3) is 2.62. The molecular weight excluding hydrogens is 340 g/mol. The molecule has 0 bridgehead atoms. The molecule has 0 radical (unpaired) electrons. The Hall–Kier alpha value is -2.25. The Kier molecular flexibility index (Phi) is 3.91. The highest BCUT2D eigenvalue weighted by molar-refractivity contribution is 7.90. The van der Waals surface area contributed by atoms with Crippen LogP contribution in [0, 0.1) is 0 Å². The lowest BCUT2D eigenvalue weighted by Crippen LogP contribution is -2.13.